The van der Waals surface area contributed by atoms with E-state index in [1.54, 1.807) is 0 Å². The lowest BCUT2D eigenvalue weighted by atomic mass is 10.2. The van der Waals surface area contributed by atoms with Gasteiger partial charge >= 0.3 is 5.76 Å². The van der Waals surface area contributed by atoms with Crippen LogP contribution in [-0.4, -0.2) is 39.2 Å². The largest absolute Gasteiger partial charge is 0.350 e. The Morgan fingerprint density at radius 3 is 2.90 bits per heavy atom. The van der Waals surface area contributed by atoms with Gasteiger partial charge in [-0.1, -0.05) is 0 Å². The molecular formula is C11H14F2N2O3S2. The van der Waals surface area contributed by atoms with E-state index in [9.17, 15) is 22.0 Å². The third-order valence-electron chi connectivity index (χ3n) is 3.05. The number of sulfone groups is 1. The van der Waals surface area contributed by atoms with Crippen LogP contribution in [0, 0.1) is 0 Å². The number of nitrogens with one attached hydrogen (secondary N) is 2. The second kappa shape index (κ2) is 6.15. The van der Waals surface area contributed by atoms with Gasteiger partial charge in [0.25, 0.3) is 5.91 Å². The minimum Gasteiger partial charge on any atom is -0.350 e. The molecule has 0 saturated carbocycles. The maximum atomic E-state index is 12.5. The van der Waals surface area contributed by atoms with Crippen molar-refractivity contribution >= 4 is 27.1 Å². The van der Waals surface area contributed by atoms with Crippen LogP contribution in [0.2, 0.25) is 0 Å². The Hall–Kier alpha value is -1.06. The first kappa shape index (κ1) is 15.3. The Morgan fingerprint density at radius 2 is 2.30 bits per heavy atom. The molecule has 0 aromatic carbocycles. The predicted octanol–water partition coefficient (Wildman–Crippen LogP) is 1.23. The zero-order valence-electron chi connectivity index (χ0n) is 10.4. The minimum atomic E-state index is -4.75. The molecule has 1 saturated heterocycles. The average Bonchev–Trinajstić information content (AvgIpc) is 3.06. The van der Waals surface area contributed by atoms with Gasteiger partial charge in [0.05, 0.1) is 4.90 Å². The highest BCUT2D eigenvalue weighted by atomic mass is 32.2. The van der Waals surface area contributed by atoms with Gasteiger partial charge in [0, 0.05) is 12.6 Å². The highest BCUT2D eigenvalue weighted by Gasteiger charge is 2.32. The number of carbonyl (C=O) groups excluding carboxylic acids is 1. The standard InChI is InChI=1S/C11H14F2N2O3S2/c12-11(13)20(17,18)8-3-5-19-9(8)10(16)15-6-7-2-1-4-14-7/h3,5,7,11,14H,1-2,4,6H2,(H,15,16). The molecule has 1 aromatic rings. The van der Waals surface area contributed by atoms with Crippen molar-refractivity contribution in [2.24, 2.45) is 0 Å². The molecule has 1 fully saturated rings. The molecule has 1 unspecified atom stereocenters. The van der Waals surface area contributed by atoms with Crippen molar-refractivity contribution in [2.45, 2.75) is 29.5 Å². The predicted molar refractivity (Wildman–Crippen MR) is 70.9 cm³/mol. The van der Waals surface area contributed by atoms with E-state index in [-0.39, 0.29) is 10.9 Å². The summed E-state index contributed by atoms with van der Waals surface area (Å²) >= 11 is 0.839. The summed E-state index contributed by atoms with van der Waals surface area (Å²) in [6.45, 7) is 1.23. The van der Waals surface area contributed by atoms with Crippen LogP contribution in [0.25, 0.3) is 0 Å². The molecule has 2 rings (SSSR count). The molecule has 5 nitrogen and oxygen atoms in total. The van der Waals surface area contributed by atoms with Crippen molar-refractivity contribution in [3.63, 3.8) is 0 Å². The molecule has 2 N–H and O–H groups in total. The SMILES string of the molecule is O=C(NCC1CCCN1)c1sccc1S(=O)(=O)C(F)F. The van der Waals surface area contributed by atoms with Gasteiger partial charge in [-0.3, -0.25) is 4.79 Å². The molecule has 1 aliphatic heterocycles. The zero-order chi connectivity index (χ0) is 14.8. The molecule has 0 bridgehead atoms. The van der Waals surface area contributed by atoms with Crippen LogP contribution in [0.4, 0.5) is 8.78 Å². The average molecular weight is 324 g/mol. The van der Waals surface area contributed by atoms with Crippen LogP contribution in [0.15, 0.2) is 16.3 Å². The highest BCUT2D eigenvalue weighted by molar-refractivity contribution is 7.92. The molecule has 112 valence electrons. The molecule has 0 spiro atoms. The van der Waals surface area contributed by atoms with Gasteiger partial charge in [0.2, 0.25) is 9.84 Å². The van der Waals surface area contributed by atoms with E-state index in [0.717, 1.165) is 36.8 Å². The number of alkyl halides is 2. The number of thiophene rings is 1. The Bertz CT molecular complexity index is 580. The molecule has 1 aromatic heterocycles. The van der Waals surface area contributed by atoms with E-state index in [2.05, 4.69) is 10.6 Å². The van der Waals surface area contributed by atoms with Crippen molar-refractivity contribution in [1.29, 1.82) is 0 Å². The Kier molecular flexibility index (Phi) is 4.71. The number of rotatable bonds is 5. The van der Waals surface area contributed by atoms with Gasteiger partial charge in [0.15, 0.2) is 0 Å². The second-order valence-corrected chi connectivity index (χ2v) is 7.23. The van der Waals surface area contributed by atoms with E-state index < -0.39 is 26.4 Å². The first-order valence-corrected chi connectivity index (χ1v) is 8.46. The van der Waals surface area contributed by atoms with E-state index in [0.29, 0.717) is 6.54 Å². The fraction of sp³-hybridized carbons (Fsp3) is 0.545. The lowest BCUT2D eigenvalue weighted by Gasteiger charge is -2.11. The Labute approximate surface area is 119 Å². The highest BCUT2D eigenvalue weighted by Crippen LogP contribution is 2.26. The smallest absolute Gasteiger partial charge is 0.341 e. The zero-order valence-corrected chi connectivity index (χ0v) is 12.1. The monoisotopic (exact) mass is 324 g/mol. The summed E-state index contributed by atoms with van der Waals surface area (Å²) in [5.74, 6) is -4.16. The van der Waals surface area contributed by atoms with Gasteiger partial charge < -0.3 is 10.6 Å². The number of hydrogen-bond acceptors (Lipinski definition) is 5. The molecule has 1 aliphatic rings. The van der Waals surface area contributed by atoms with Crippen molar-refractivity contribution in [3.8, 4) is 0 Å². The van der Waals surface area contributed by atoms with Crippen molar-refractivity contribution in [3.05, 3.63) is 16.3 Å². The van der Waals surface area contributed by atoms with Crippen LogP contribution in [0.5, 0.6) is 0 Å². The fourth-order valence-electron chi connectivity index (χ4n) is 2.01. The molecule has 20 heavy (non-hydrogen) atoms. The van der Waals surface area contributed by atoms with Crippen LogP contribution in [0.1, 0.15) is 22.5 Å². The van der Waals surface area contributed by atoms with E-state index in [1.807, 2.05) is 0 Å². The molecule has 0 radical (unpaired) electrons. The maximum absolute atomic E-state index is 12.5. The summed E-state index contributed by atoms with van der Waals surface area (Å²) in [4.78, 5) is 11.1. The van der Waals surface area contributed by atoms with Crippen molar-refractivity contribution in [2.75, 3.05) is 13.1 Å². The fourth-order valence-corrected chi connectivity index (χ4v) is 4.09. The van der Waals surface area contributed by atoms with E-state index >= 15 is 0 Å². The van der Waals surface area contributed by atoms with Crippen LogP contribution in [-0.2, 0) is 9.84 Å². The third kappa shape index (κ3) is 3.15. The van der Waals surface area contributed by atoms with Gasteiger partial charge in [-0.25, -0.2) is 8.42 Å². The number of carbonyl (C=O) groups is 1. The molecule has 2 heterocycles. The Balaban J connectivity index is 2.09. The first-order valence-electron chi connectivity index (χ1n) is 6.04. The van der Waals surface area contributed by atoms with Crippen LogP contribution >= 0.6 is 11.3 Å². The molecule has 0 aliphatic carbocycles. The lowest BCUT2D eigenvalue weighted by molar-refractivity contribution is 0.0951. The quantitative estimate of drug-likeness (QED) is 0.854. The van der Waals surface area contributed by atoms with Crippen molar-refractivity contribution in [1.82, 2.24) is 10.6 Å². The van der Waals surface area contributed by atoms with Crippen molar-refractivity contribution < 1.29 is 22.0 Å². The molecule has 9 heteroatoms. The molecule has 1 atom stereocenters. The van der Waals surface area contributed by atoms with Gasteiger partial charge in [-0.05, 0) is 30.8 Å². The number of hydrogen-bond donors (Lipinski definition) is 2. The maximum Gasteiger partial charge on any atom is 0.341 e. The summed E-state index contributed by atoms with van der Waals surface area (Å²) in [5, 5.41) is 7.07. The first-order chi connectivity index (χ1) is 9.43. The number of amides is 1. The summed E-state index contributed by atoms with van der Waals surface area (Å²) in [5.41, 5.74) is 0. The summed E-state index contributed by atoms with van der Waals surface area (Å²) in [6, 6.07) is 1.18. The molecular weight excluding hydrogens is 310 g/mol. The van der Waals surface area contributed by atoms with E-state index in [1.165, 1.54) is 5.38 Å². The topological polar surface area (TPSA) is 75.3 Å². The summed E-state index contributed by atoms with van der Waals surface area (Å²) < 4.78 is 47.9. The van der Waals surface area contributed by atoms with Crippen LogP contribution < -0.4 is 10.6 Å². The van der Waals surface area contributed by atoms with Gasteiger partial charge in [0.1, 0.15) is 4.88 Å². The molecule has 1 amide bonds. The van der Waals surface area contributed by atoms with E-state index in [4.69, 9.17) is 0 Å². The summed E-state index contributed by atoms with van der Waals surface area (Å²) in [6.07, 6.45) is 1.94. The lowest BCUT2D eigenvalue weighted by Crippen LogP contribution is -2.37. The van der Waals surface area contributed by atoms with Gasteiger partial charge in [-0.15, -0.1) is 11.3 Å². The Morgan fingerprint density at radius 1 is 1.55 bits per heavy atom. The second-order valence-electron chi connectivity index (χ2n) is 4.42. The van der Waals surface area contributed by atoms with Crippen LogP contribution in [0.3, 0.4) is 0 Å². The third-order valence-corrected chi connectivity index (χ3v) is 5.51. The minimum absolute atomic E-state index is 0.147. The normalized spacial score (nSPS) is 19.4. The van der Waals surface area contributed by atoms with Gasteiger partial charge in [-0.2, -0.15) is 8.78 Å². The summed E-state index contributed by atoms with van der Waals surface area (Å²) in [7, 11) is -4.75. The number of halogens is 2.